The predicted molar refractivity (Wildman–Crippen MR) is 56.3 cm³/mol. The van der Waals surface area contributed by atoms with Gasteiger partial charge in [-0.15, -0.1) is 0 Å². The van der Waals surface area contributed by atoms with Crippen LogP contribution in [0.4, 0.5) is 0 Å². The van der Waals surface area contributed by atoms with E-state index in [1.807, 2.05) is 12.1 Å². The third-order valence-corrected chi connectivity index (χ3v) is 2.16. The Morgan fingerprint density at radius 3 is 2.43 bits per heavy atom. The molecule has 0 aliphatic rings. The summed E-state index contributed by atoms with van der Waals surface area (Å²) in [6, 6.07) is 10.5. The van der Waals surface area contributed by atoms with Gasteiger partial charge in [-0.25, -0.2) is 0 Å². The molecule has 1 N–H and O–H groups in total. The molecule has 0 saturated heterocycles. The van der Waals surface area contributed by atoms with Gasteiger partial charge in [0.25, 0.3) is 0 Å². The van der Waals surface area contributed by atoms with E-state index in [0.717, 1.165) is 5.56 Å². The highest BCUT2D eigenvalue weighted by Gasteiger charge is 2.03. The maximum atomic E-state index is 9.54. The molecular weight excluding hydrogens is 198 g/mol. The van der Waals surface area contributed by atoms with Gasteiger partial charge in [-0.3, -0.25) is 4.98 Å². The highest BCUT2D eigenvalue weighted by molar-refractivity contribution is 6.30. The maximum absolute atomic E-state index is 9.54. The number of pyridine rings is 1. The van der Waals surface area contributed by atoms with E-state index in [9.17, 15) is 5.11 Å². The second-order valence-electron chi connectivity index (χ2n) is 2.88. The molecule has 0 spiro atoms. The summed E-state index contributed by atoms with van der Waals surface area (Å²) >= 11 is 5.76. The van der Waals surface area contributed by atoms with Gasteiger partial charge in [0, 0.05) is 16.8 Å². The van der Waals surface area contributed by atoms with Crippen LogP contribution in [-0.4, -0.2) is 10.1 Å². The average Bonchev–Trinajstić information content (AvgIpc) is 2.20. The van der Waals surface area contributed by atoms with Crippen molar-refractivity contribution in [2.45, 2.75) is 0 Å². The zero-order chi connectivity index (χ0) is 9.97. The molecule has 0 bridgehead atoms. The van der Waals surface area contributed by atoms with Crippen LogP contribution in [0.3, 0.4) is 0 Å². The van der Waals surface area contributed by atoms with Crippen LogP contribution in [0.15, 0.2) is 42.6 Å². The van der Waals surface area contributed by atoms with Crippen molar-refractivity contribution < 1.29 is 5.11 Å². The first-order valence-electron chi connectivity index (χ1n) is 4.17. The third kappa shape index (κ3) is 1.70. The largest absolute Gasteiger partial charge is 0.506 e. The van der Waals surface area contributed by atoms with Gasteiger partial charge in [0.05, 0.1) is 0 Å². The fraction of sp³-hybridized carbons (Fsp3) is 0. The van der Waals surface area contributed by atoms with Gasteiger partial charge in [0.15, 0.2) is 0 Å². The van der Waals surface area contributed by atoms with Crippen molar-refractivity contribution in [2.24, 2.45) is 0 Å². The highest BCUT2D eigenvalue weighted by Crippen LogP contribution is 2.26. The molecule has 1 heterocycles. The summed E-state index contributed by atoms with van der Waals surface area (Å²) in [6.45, 7) is 0. The normalized spacial score (nSPS) is 10.1. The van der Waals surface area contributed by atoms with E-state index in [-0.39, 0.29) is 5.75 Å². The molecule has 0 aliphatic heterocycles. The van der Waals surface area contributed by atoms with Crippen LogP contribution in [0.2, 0.25) is 5.02 Å². The van der Waals surface area contributed by atoms with Crippen LogP contribution >= 0.6 is 11.6 Å². The van der Waals surface area contributed by atoms with E-state index in [1.54, 1.807) is 30.5 Å². The molecule has 0 aliphatic carbocycles. The number of nitrogens with zero attached hydrogens (tertiary/aromatic N) is 1. The Labute approximate surface area is 86.8 Å². The molecule has 1 aromatic carbocycles. The molecule has 2 aromatic rings. The van der Waals surface area contributed by atoms with Crippen LogP contribution in [-0.2, 0) is 0 Å². The monoisotopic (exact) mass is 205 g/mol. The fourth-order valence-corrected chi connectivity index (χ4v) is 1.35. The lowest BCUT2D eigenvalue weighted by Crippen LogP contribution is -1.82. The molecule has 0 unspecified atom stereocenters. The SMILES string of the molecule is Oc1cccnc1-c1ccc(Cl)cc1. The lowest BCUT2D eigenvalue weighted by Gasteiger charge is -2.02. The number of hydrogen-bond acceptors (Lipinski definition) is 2. The number of aromatic hydroxyl groups is 1. The summed E-state index contributed by atoms with van der Waals surface area (Å²) in [4.78, 5) is 4.09. The summed E-state index contributed by atoms with van der Waals surface area (Å²) < 4.78 is 0. The summed E-state index contributed by atoms with van der Waals surface area (Å²) in [5, 5.41) is 10.2. The van der Waals surface area contributed by atoms with Crippen LogP contribution in [0.25, 0.3) is 11.3 Å². The number of aromatic nitrogens is 1. The van der Waals surface area contributed by atoms with Crippen molar-refractivity contribution in [1.29, 1.82) is 0 Å². The zero-order valence-corrected chi connectivity index (χ0v) is 8.07. The maximum Gasteiger partial charge on any atom is 0.141 e. The number of halogens is 1. The minimum absolute atomic E-state index is 0.176. The van der Waals surface area contributed by atoms with Crippen molar-refractivity contribution in [1.82, 2.24) is 4.98 Å². The van der Waals surface area contributed by atoms with Gasteiger partial charge >= 0.3 is 0 Å². The van der Waals surface area contributed by atoms with Gasteiger partial charge in [0.2, 0.25) is 0 Å². The molecule has 0 saturated carbocycles. The Morgan fingerprint density at radius 1 is 1.07 bits per heavy atom. The van der Waals surface area contributed by atoms with Crippen molar-refractivity contribution in [3.05, 3.63) is 47.6 Å². The first-order chi connectivity index (χ1) is 6.77. The Hall–Kier alpha value is -1.54. The second-order valence-corrected chi connectivity index (χ2v) is 3.31. The summed E-state index contributed by atoms with van der Waals surface area (Å²) in [6.07, 6.45) is 1.64. The number of hydrogen-bond donors (Lipinski definition) is 1. The molecule has 2 rings (SSSR count). The van der Waals surface area contributed by atoms with Crippen molar-refractivity contribution in [3.8, 4) is 17.0 Å². The van der Waals surface area contributed by atoms with E-state index in [4.69, 9.17) is 11.6 Å². The van der Waals surface area contributed by atoms with Gasteiger partial charge in [-0.2, -0.15) is 0 Å². The lowest BCUT2D eigenvalue weighted by atomic mass is 10.1. The molecule has 0 atom stereocenters. The van der Waals surface area contributed by atoms with Crippen LogP contribution in [0, 0.1) is 0 Å². The van der Waals surface area contributed by atoms with Crippen molar-refractivity contribution in [3.63, 3.8) is 0 Å². The first-order valence-corrected chi connectivity index (χ1v) is 4.55. The average molecular weight is 206 g/mol. The van der Waals surface area contributed by atoms with Crippen molar-refractivity contribution in [2.75, 3.05) is 0 Å². The standard InChI is InChI=1S/C11H8ClNO/c12-9-5-3-8(4-6-9)11-10(14)2-1-7-13-11/h1-7,14H. The van der Waals surface area contributed by atoms with Gasteiger partial charge in [-0.1, -0.05) is 23.7 Å². The molecule has 0 fully saturated rings. The quantitative estimate of drug-likeness (QED) is 0.776. The molecule has 0 radical (unpaired) electrons. The predicted octanol–water partition coefficient (Wildman–Crippen LogP) is 3.11. The first kappa shape index (κ1) is 9.03. The topological polar surface area (TPSA) is 33.1 Å². The molecule has 0 amide bonds. The molecular formula is C11H8ClNO. The van der Waals surface area contributed by atoms with Gasteiger partial charge < -0.3 is 5.11 Å². The van der Waals surface area contributed by atoms with Crippen LogP contribution < -0.4 is 0 Å². The molecule has 1 aromatic heterocycles. The van der Waals surface area contributed by atoms with E-state index < -0.39 is 0 Å². The molecule has 3 heteroatoms. The van der Waals surface area contributed by atoms with E-state index in [0.29, 0.717) is 10.7 Å². The lowest BCUT2D eigenvalue weighted by molar-refractivity contribution is 0.475. The van der Waals surface area contributed by atoms with Crippen LogP contribution in [0.5, 0.6) is 5.75 Å². The van der Waals surface area contributed by atoms with E-state index >= 15 is 0 Å². The Balaban J connectivity index is 2.50. The Morgan fingerprint density at radius 2 is 1.79 bits per heavy atom. The van der Waals surface area contributed by atoms with Gasteiger partial charge in [0.1, 0.15) is 11.4 Å². The van der Waals surface area contributed by atoms with Gasteiger partial charge in [-0.05, 0) is 24.3 Å². The minimum atomic E-state index is 0.176. The number of benzene rings is 1. The Kier molecular flexibility index (Phi) is 2.37. The van der Waals surface area contributed by atoms with E-state index in [1.165, 1.54) is 0 Å². The zero-order valence-electron chi connectivity index (χ0n) is 7.31. The van der Waals surface area contributed by atoms with Crippen LogP contribution in [0.1, 0.15) is 0 Å². The minimum Gasteiger partial charge on any atom is -0.506 e. The Bertz CT molecular complexity index is 439. The smallest absolute Gasteiger partial charge is 0.141 e. The van der Waals surface area contributed by atoms with Crippen molar-refractivity contribution >= 4 is 11.6 Å². The second kappa shape index (κ2) is 3.68. The fourth-order valence-electron chi connectivity index (χ4n) is 1.23. The molecule has 70 valence electrons. The summed E-state index contributed by atoms with van der Waals surface area (Å²) in [5.74, 6) is 0.176. The number of rotatable bonds is 1. The highest BCUT2D eigenvalue weighted by atomic mass is 35.5. The van der Waals surface area contributed by atoms with E-state index in [2.05, 4.69) is 4.98 Å². The summed E-state index contributed by atoms with van der Waals surface area (Å²) in [5.41, 5.74) is 1.43. The molecule has 14 heavy (non-hydrogen) atoms. The third-order valence-electron chi connectivity index (χ3n) is 1.90. The summed E-state index contributed by atoms with van der Waals surface area (Å²) in [7, 11) is 0. The molecule has 2 nitrogen and oxygen atoms in total.